The van der Waals surface area contributed by atoms with Crippen molar-refractivity contribution in [1.29, 1.82) is 0 Å². The summed E-state index contributed by atoms with van der Waals surface area (Å²) in [6.07, 6.45) is 9.18. The molecule has 0 aromatic rings. The van der Waals surface area contributed by atoms with Crippen molar-refractivity contribution in [2.24, 2.45) is 0 Å². The first-order chi connectivity index (χ1) is 7.31. The van der Waals surface area contributed by atoms with Crippen LogP contribution in [-0.4, -0.2) is 30.7 Å². The van der Waals surface area contributed by atoms with E-state index in [-0.39, 0.29) is 0 Å². The number of methoxy groups -OCH3 is 1. The van der Waals surface area contributed by atoms with E-state index >= 15 is 0 Å². The summed E-state index contributed by atoms with van der Waals surface area (Å²) in [6.45, 7) is 0. The minimum atomic E-state index is 0.337. The molecule has 3 heteroatoms. The molecule has 0 bridgehead atoms. The van der Waals surface area contributed by atoms with Crippen molar-refractivity contribution in [2.45, 2.75) is 68.5 Å². The molecule has 0 amide bonds. The Morgan fingerprint density at radius 1 is 1.00 bits per heavy atom. The maximum absolute atomic E-state index is 6.29. The minimum Gasteiger partial charge on any atom is -0.380 e. The highest BCUT2D eigenvalue weighted by Gasteiger charge is 2.31. The first-order valence-corrected chi connectivity index (χ1v) is 6.68. The highest BCUT2D eigenvalue weighted by atomic mass is 35.5. The maximum atomic E-state index is 6.29. The predicted octanol–water partition coefficient (Wildman–Crippen LogP) is 2.69. The highest BCUT2D eigenvalue weighted by molar-refractivity contribution is 6.21. The Labute approximate surface area is 97.7 Å². The Morgan fingerprint density at radius 3 is 2.40 bits per heavy atom. The van der Waals surface area contributed by atoms with Crippen LogP contribution in [-0.2, 0) is 4.74 Å². The zero-order valence-corrected chi connectivity index (χ0v) is 10.3. The Hall–Kier alpha value is 0.210. The van der Waals surface area contributed by atoms with E-state index in [2.05, 4.69) is 5.32 Å². The SMILES string of the molecule is COC1CCCCC1NC1CCCC1Cl. The lowest BCUT2D eigenvalue weighted by atomic mass is 9.91. The molecule has 4 unspecified atom stereocenters. The first kappa shape index (κ1) is 11.7. The molecule has 2 aliphatic rings. The third-order valence-electron chi connectivity index (χ3n) is 3.87. The summed E-state index contributed by atoms with van der Waals surface area (Å²) < 4.78 is 5.54. The van der Waals surface area contributed by atoms with Crippen LogP contribution in [0.5, 0.6) is 0 Å². The van der Waals surface area contributed by atoms with Crippen molar-refractivity contribution >= 4 is 11.6 Å². The summed E-state index contributed by atoms with van der Waals surface area (Å²) in [5.41, 5.74) is 0. The van der Waals surface area contributed by atoms with Crippen LogP contribution in [0.3, 0.4) is 0 Å². The lowest BCUT2D eigenvalue weighted by molar-refractivity contribution is 0.0381. The molecule has 2 nitrogen and oxygen atoms in total. The van der Waals surface area contributed by atoms with Crippen LogP contribution in [0.2, 0.25) is 0 Å². The normalized spacial score (nSPS) is 42.0. The molecule has 88 valence electrons. The molecule has 1 N–H and O–H groups in total. The van der Waals surface area contributed by atoms with Crippen molar-refractivity contribution in [3.63, 3.8) is 0 Å². The van der Waals surface area contributed by atoms with E-state index in [9.17, 15) is 0 Å². The fourth-order valence-corrected chi connectivity index (χ4v) is 3.30. The minimum absolute atomic E-state index is 0.337. The summed E-state index contributed by atoms with van der Waals surface area (Å²) in [7, 11) is 1.83. The van der Waals surface area contributed by atoms with E-state index in [0.717, 1.165) is 0 Å². The summed E-state index contributed by atoms with van der Waals surface area (Å²) in [4.78, 5) is 0. The number of rotatable bonds is 3. The molecule has 2 rings (SSSR count). The standard InChI is InChI=1S/C12H22ClNO/c1-15-12-8-3-2-6-11(12)14-10-7-4-5-9(10)13/h9-12,14H,2-8H2,1H3. The van der Waals surface area contributed by atoms with Gasteiger partial charge < -0.3 is 10.1 Å². The molecule has 2 fully saturated rings. The van der Waals surface area contributed by atoms with Crippen molar-refractivity contribution in [3.05, 3.63) is 0 Å². The van der Waals surface area contributed by atoms with E-state index in [4.69, 9.17) is 16.3 Å². The lowest BCUT2D eigenvalue weighted by Crippen LogP contribution is -2.49. The predicted molar refractivity (Wildman–Crippen MR) is 63.5 cm³/mol. The Kier molecular flexibility index (Phi) is 4.30. The van der Waals surface area contributed by atoms with E-state index in [0.29, 0.717) is 23.6 Å². The Balaban J connectivity index is 1.85. The van der Waals surface area contributed by atoms with Gasteiger partial charge in [0.2, 0.25) is 0 Å². The number of hydrogen-bond donors (Lipinski definition) is 1. The second kappa shape index (κ2) is 5.51. The molecular formula is C12H22ClNO. The highest BCUT2D eigenvalue weighted by Crippen LogP contribution is 2.27. The number of nitrogens with one attached hydrogen (secondary N) is 1. The van der Waals surface area contributed by atoms with Gasteiger partial charge in [-0.2, -0.15) is 0 Å². The van der Waals surface area contributed by atoms with E-state index in [1.54, 1.807) is 0 Å². The van der Waals surface area contributed by atoms with E-state index in [1.165, 1.54) is 44.9 Å². The van der Waals surface area contributed by atoms with Gasteiger partial charge in [0.25, 0.3) is 0 Å². The number of halogens is 1. The van der Waals surface area contributed by atoms with Gasteiger partial charge in [-0.05, 0) is 25.7 Å². The monoisotopic (exact) mass is 231 g/mol. The number of hydrogen-bond acceptors (Lipinski definition) is 2. The fraction of sp³-hybridized carbons (Fsp3) is 1.00. The van der Waals surface area contributed by atoms with E-state index < -0.39 is 0 Å². The molecule has 2 saturated carbocycles. The van der Waals surface area contributed by atoms with Gasteiger partial charge in [0.1, 0.15) is 0 Å². The molecular weight excluding hydrogens is 210 g/mol. The zero-order chi connectivity index (χ0) is 10.7. The lowest BCUT2D eigenvalue weighted by Gasteiger charge is -2.34. The maximum Gasteiger partial charge on any atom is 0.0724 e. The summed E-state index contributed by atoms with van der Waals surface area (Å²) in [5, 5.41) is 4.05. The molecule has 0 aromatic heterocycles. The summed E-state index contributed by atoms with van der Waals surface area (Å²) in [5.74, 6) is 0. The van der Waals surface area contributed by atoms with Gasteiger partial charge in [-0.15, -0.1) is 11.6 Å². The summed E-state index contributed by atoms with van der Waals surface area (Å²) >= 11 is 6.29. The van der Waals surface area contributed by atoms with Gasteiger partial charge in [0.15, 0.2) is 0 Å². The van der Waals surface area contributed by atoms with Crippen molar-refractivity contribution in [2.75, 3.05) is 7.11 Å². The molecule has 4 atom stereocenters. The second-order valence-electron chi connectivity index (χ2n) is 4.89. The number of alkyl halides is 1. The van der Waals surface area contributed by atoms with Crippen LogP contribution in [0, 0.1) is 0 Å². The quantitative estimate of drug-likeness (QED) is 0.755. The average molecular weight is 232 g/mol. The topological polar surface area (TPSA) is 21.3 Å². The molecule has 15 heavy (non-hydrogen) atoms. The third kappa shape index (κ3) is 2.86. The van der Waals surface area contributed by atoms with E-state index in [1.807, 2.05) is 7.11 Å². The van der Waals surface area contributed by atoms with Crippen LogP contribution in [0.4, 0.5) is 0 Å². The molecule has 0 heterocycles. The van der Waals surface area contributed by atoms with Crippen LogP contribution >= 0.6 is 11.6 Å². The van der Waals surface area contributed by atoms with Crippen molar-refractivity contribution < 1.29 is 4.74 Å². The molecule has 2 aliphatic carbocycles. The Bertz CT molecular complexity index is 200. The average Bonchev–Trinajstić information content (AvgIpc) is 2.65. The van der Waals surface area contributed by atoms with Crippen LogP contribution in [0.25, 0.3) is 0 Å². The van der Waals surface area contributed by atoms with Gasteiger partial charge in [0, 0.05) is 24.6 Å². The first-order valence-electron chi connectivity index (χ1n) is 6.24. The Morgan fingerprint density at radius 2 is 1.73 bits per heavy atom. The largest absolute Gasteiger partial charge is 0.380 e. The van der Waals surface area contributed by atoms with Crippen molar-refractivity contribution in [1.82, 2.24) is 5.32 Å². The van der Waals surface area contributed by atoms with Gasteiger partial charge in [0.05, 0.1) is 6.10 Å². The third-order valence-corrected chi connectivity index (χ3v) is 4.39. The molecule has 0 aliphatic heterocycles. The van der Waals surface area contributed by atoms with Crippen LogP contribution in [0.1, 0.15) is 44.9 Å². The van der Waals surface area contributed by atoms with Crippen LogP contribution < -0.4 is 5.32 Å². The van der Waals surface area contributed by atoms with Gasteiger partial charge in [-0.25, -0.2) is 0 Å². The van der Waals surface area contributed by atoms with Gasteiger partial charge in [-0.3, -0.25) is 0 Å². The van der Waals surface area contributed by atoms with Crippen molar-refractivity contribution in [3.8, 4) is 0 Å². The summed E-state index contributed by atoms with van der Waals surface area (Å²) in [6, 6.07) is 1.06. The molecule has 0 saturated heterocycles. The molecule has 0 aromatic carbocycles. The smallest absolute Gasteiger partial charge is 0.0724 e. The zero-order valence-electron chi connectivity index (χ0n) is 9.55. The second-order valence-corrected chi connectivity index (χ2v) is 5.45. The molecule has 0 radical (unpaired) electrons. The van der Waals surface area contributed by atoms with Gasteiger partial charge >= 0.3 is 0 Å². The van der Waals surface area contributed by atoms with Gasteiger partial charge in [-0.1, -0.05) is 19.3 Å². The fourth-order valence-electron chi connectivity index (χ4n) is 2.95. The number of ether oxygens (including phenoxy) is 1. The van der Waals surface area contributed by atoms with Crippen LogP contribution in [0.15, 0.2) is 0 Å². The molecule has 0 spiro atoms.